The van der Waals surface area contributed by atoms with Crippen LogP contribution < -0.4 is 14.9 Å². The zero-order valence-corrected chi connectivity index (χ0v) is 13.2. The number of carbonyl (C=O) groups is 1. The number of nitrogens with one attached hydrogen (secondary N) is 2. The highest BCUT2D eigenvalue weighted by Gasteiger charge is 2.07. The fraction of sp³-hybridized carbons (Fsp3) is 0.118. The summed E-state index contributed by atoms with van der Waals surface area (Å²) in [4.78, 5) is 18.5. The molecular weight excluding hydrogens is 308 g/mol. The molecule has 24 heavy (non-hydrogen) atoms. The molecule has 122 valence electrons. The smallest absolute Gasteiger partial charge is 0.308 e. The lowest BCUT2D eigenvalue weighted by molar-refractivity contribution is -0.132. The van der Waals surface area contributed by atoms with E-state index in [1.807, 2.05) is 24.3 Å². The van der Waals surface area contributed by atoms with Crippen LogP contribution in [-0.2, 0) is 4.79 Å². The van der Waals surface area contributed by atoms with Crippen LogP contribution in [0.15, 0.2) is 47.6 Å². The van der Waals surface area contributed by atoms with Crippen molar-refractivity contribution < 1.29 is 14.3 Å². The van der Waals surface area contributed by atoms with Gasteiger partial charge in [-0.2, -0.15) is 5.10 Å². The number of rotatable bonds is 5. The molecule has 0 bridgehead atoms. The van der Waals surface area contributed by atoms with E-state index in [0.29, 0.717) is 17.4 Å². The Morgan fingerprint density at radius 1 is 1.25 bits per heavy atom. The molecule has 3 aromatic rings. The van der Waals surface area contributed by atoms with Crippen molar-refractivity contribution >= 4 is 29.2 Å². The van der Waals surface area contributed by atoms with Crippen LogP contribution in [0.2, 0.25) is 0 Å². The normalized spacial score (nSPS) is 10.9. The number of methoxy groups -OCH3 is 1. The monoisotopic (exact) mass is 324 g/mol. The fourth-order valence-corrected chi connectivity index (χ4v) is 2.18. The van der Waals surface area contributed by atoms with Crippen molar-refractivity contribution in [2.45, 2.75) is 6.92 Å². The second-order valence-electron chi connectivity index (χ2n) is 4.98. The van der Waals surface area contributed by atoms with Gasteiger partial charge in [0.05, 0.1) is 24.4 Å². The minimum absolute atomic E-state index is 0.368. The molecule has 2 aromatic carbocycles. The lowest BCUT2D eigenvalue weighted by atomic mass is 10.2. The van der Waals surface area contributed by atoms with E-state index in [-0.39, 0.29) is 0 Å². The maximum atomic E-state index is 11.0. The largest absolute Gasteiger partial charge is 0.493 e. The number of esters is 1. The molecule has 1 heterocycles. The maximum Gasteiger partial charge on any atom is 0.308 e. The second kappa shape index (κ2) is 6.82. The van der Waals surface area contributed by atoms with Gasteiger partial charge in [0.15, 0.2) is 11.5 Å². The SMILES string of the molecule is COc1cc(/C=N\Nc2nc3ccccc3[nH]2)ccc1OC(C)=O. The number of aromatic nitrogens is 2. The standard InChI is InChI=1S/C17H16N4O3/c1-11(22)24-15-8-7-12(9-16(15)23-2)10-18-21-17-19-13-5-3-4-6-14(13)20-17/h3-10H,1-2H3,(H2,19,20,21)/b18-10-. The highest BCUT2D eigenvalue weighted by atomic mass is 16.6. The van der Waals surface area contributed by atoms with E-state index in [4.69, 9.17) is 9.47 Å². The van der Waals surface area contributed by atoms with E-state index in [0.717, 1.165) is 16.6 Å². The minimum Gasteiger partial charge on any atom is -0.493 e. The molecule has 0 unspecified atom stereocenters. The van der Waals surface area contributed by atoms with E-state index < -0.39 is 5.97 Å². The number of para-hydroxylation sites is 2. The number of aromatic amines is 1. The van der Waals surface area contributed by atoms with E-state index in [1.165, 1.54) is 14.0 Å². The summed E-state index contributed by atoms with van der Waals surface area (Å²) in [5.74, 6) is 0.975. The summed E-state index contributed by atoms with van der Waals surface area (Å²) >= 11 is 0. The predicted octanol–water partition coefficient (Wildman–Crippen LogP) is 2.94. The number of nitrogens with zero attached hydrogens (tertiary/aromatic N) is 2. The predicted molar refractivity (Wildman–Crippen MR) is 91.6 cm³/mol. The molecule has 3 rings (SSSR count). The third-order valence-corrected chi connectivity index (χ3v) is 3.21. The molecule has 0 aliphatic carbocycles. The van der Waals surface area contributed by atoms with Gasteiger partial charge in [0.25, 0.3) is 0 Å². The Balaban J connectivity index is 1.72. The van der Waals surface area contributed by atoms with E-state index in [2.05, 4.69) is 20.5 Å². The lowest BCUT2D eigenvalue weighted by Gasteiger charge is -2.08. The molecule has 0 aliphatic rings. The first kappa shape index (κ1) is 15.5. The molecule has 0 spiro atoms. The topological polar surface area (TPSA) is 88.6 Å². The molecule has 0 saturated carbocycles. The Kier molecular flexibility index (Phi) is 4.42. The van der Waals surface area contributed by atoms with Crippen molar-refractivity contribution in [3.8, 4) is 11.5 Å². The molecule has 0 radical (unpaired) electrons. The van der Waals surface area contributed by atoms with Crippen LogP contribution in [-0.4, -0.2) is 29.3 Å². The number of imidazole rings is 1. The first-order valence-electron chi connectivity index (χ1n) is 7.26. The molecule has 0 aliphatic heterocycles. The Morgan fingerprint density at radius 3 is 2.83 bits per heavy atom. The Labute approximate surface area is 138 Å². The van der Waals surface area contributed by atoms with Gasteiger partial charge in [0.2, 0.25) is 5.95 Å². The Hall–Kier alpha value is -3.35. The maximum absolute atomic E-state index is 11.0. The van der Waals surface area contributed by atoms with Crippen molar-refractivity contribution in [1.29, 1.82) is 0 Å². The number of hydrogen-bond donors (Lipinski definition) is 2. The molecule has 0 atom stereocenters. The number of hydrogen-bond acceptors (Lipinski definition) is 6. The summed E-state index contributed by atoms with van der Waals surface area (Å²) in [7, 11) is 1.51. The number of H-pyrrole nitrogens is 1. The van der Waals surface area contributed by atoms with Gasteiger partial charge in [-0.15, -0.1) is 0 Å². The summed E-state index contributed by atoms with van der Waals surface area (Å²) in [6.45, 7) is 1.34. The van der Waals surface area contributed by atoms with Crippen molar-refractivity contribution in [2.75, 3.05) is 12.5 Å². The highest BCUT2D eigenvalue weighted by molar-refractivity contribution is 5.82. The average Bonchev–Trinajstić information content (AvgIpc) is 2.98. The quantitative estimate of drug-likeness (QED) is 0.326. The summed E-state index contributed by atoms with van der Waals surface area (Å²) < 4.78 is 10.3. The van der Waals surface area contributed by atoms with Crippen molar-refractivity contribution in [2.24, 2.45) is 5.10 Å². The van der Waals surface area contributed by atoms with E-state index >= 15 is 0 Å². The zero-order chi connectivity index (χ0) is 16.9. The van der Waals surface area contributed by atoms with Crippen molar-refractivity contribution in [3.05, 3.63) is 48.0 Å². The van der Waals surface area contributed by atoms with Gasteiger partial charge in [-0.25, -0.2) is 10.4 Å². The molecule has 1 aromatic heterocycles. The molecule has 2 N–H and O–H groups in total. The zero-order valence-electron chi connectivity index (χ0n) is 13.2. The third kappa shape index (κ3) is 3.52. The Bertz CT molecular complexity index is 869. The van der Waals surface area contributed by atoms with Crippen LogP contribution in [0, 0.1) is 0 Å². The van der Waals surface area contributed by atoms with Gasteiger partial charge in [0, 0.05) is 6.92 Å². The van der Waals surface area contributed by atoms with Gasteiger partial charge < -0.3 is 14.5 Å². The Morgan fingerprint density at radius 2 is 2.08 bits per heavy atom. The van der Waals surface area contributed by atoms with Gasteiger partial charge in [-0.1, -0.05) is 12.1 Å². The number of carbonyl (C=O) groups excluding carboxylic acids is 1. The van der Waals surface area contributed by atoms with Gasteiger partial charge in [0.1, 0.15) is 0 Å². The summed E-state index contributed by atoms with van der Waals surface area (Å²) in [6.07, 6.45) is 1.62. The van der Waals surface area contributed by atoms with Crippen molar-refractivity contribution in [1.82, 2.24) is 9.97 Å². The average molecular weight is 324 g/mol. The van der Waals surface area contributed by atoms with E-state index in [9.17, 15) is 4.79 Å². The first-order chi connectivity index (χ1) is 11.7. The van der Waals surface area contributed by atoms with E-state index in [1.54, 1.807) is 24.4 Å². The van der Waals surface area contributed by atoms with Crippen LogP contribution >= 0.6 is 0 Å². The summed E-state index contributed by atoms with van der Waals surface area (Å²) in [5.41, 5.74) is 5.42. The third-order valence-electron chi connectivity index (χ3n) is 3.21. The van der Waals surface area contributed by atoms with Crippen molar-refractivity contribution in [3.63, 3.8) is 0 Å². The van der Waals surface area contributed by atoms with Crippen LogP contribution in [0.5, 0.6) is 11.5 Å². The molecule has 0 fully saturated rings. The second-order valence-corrected chi connectivity index (χ2v) is 4.98. The molecule has 7 heteroatoms. The number of hydrazone groups is 1. The molecule has 0 amide bonds. The highest BCUT2D eigenvalue weighted by Crippen LogP contribution is 2.27. The fourth-order valence-electron chi connectivity index (χ4n) is 2.18. The molecule has 7 nitrogen and oxygen atoms in total. The summed E-state index contributed by atoms with van der Waals surface area (Å²) in [5, 5.41) is 4.14. The van der Waals surface area contributed by atoms with Crippen LogP contribution in [0.25, 0.3) is 11.0 Å². The number of ether oxygens (including phenoxy) is 2. The first-order valence-corrected chi connectivity index (χ1v) is 7.26. The van der Waals surface area contributed by atoms with Crippen LogP contribution in [0.3, 0.4) is 0 Å². The van der Waals surface area contributed by atoms with Crippen LogP contribution in [0.1, 0.15) is 12.5 Å². The summed E-state index contributed by atoms with van der Waals surface area (Å²) in [6, 6.07) is 12.9. The number of fused-ring (bicyclic) bond motifs is 1. The molecular formula is C17H16N4O3. The number of benzene rings is 2. The van der Waals surface area contributed by atoms with Gasteiger partial charge in [-0.3, -0.25) is 4.79 Å². The van der Waals surface area contributed by atoms with Gasteiger partial charge >= 0.3 is 5.97 Å². The van der Waals surface area contributed by atoms with Crippen LogP contribution in [0.4, 0.5) is 5.95 Å². The number of anilines is 1. The van der Waals surface area contributed by atoms with Gasteiger partial charge in [-0.05, 0) is 35.9 Å². The molecule has 0 saturated heterocycles. The lowest BCUT2D eigenvalue weighted by Crippen LogP contribution is -2.03. The minimum atomic E-state index is -0.402.